The Kier molecular flexibility index (Phi) is 7.01. The van der Waals surface area contributed by atoms with E-state index in [1.54, 1.807) is 16.7 Å². The van der Waals surface area contributed by atoms with E-state index in [1.165, 1.54) is 0 Å². The molecule has 2 unspecified atom stereocenters. The van der Waals surface area contributed by atoms with Gasteiger partial charge in [0.15, 0.2) is 0 Å². The molecule has 3 N–H and O–H groups in total. The Balaban J connectivity index is 1.67. The van der Waals surface area contributed by atoms with Crippen molar-refractivity contribution >= 4 is 35.2 Å². The van der Waals surface area contributed by atoms with Gasteiger partial charge in [0, 0.05) is 29.1 Å². The van der Waals surface area contributed by atoms with E-state index in [0.29, 0.717) is 25.1 Å². The molecule has 1 spiro atoms. The summed E-state index contributed by atoms with van der Waals surface area (Å²) >= 11 is 1.67. The molecule has 3 aliphatic rings. The standard InChI is InChI=1S/C28H41N3O4S/c1-25(2,3)17-26(4,5)30-23(34)21-28-14-13-27(6,36-28)19(20(28)24(35)31(21)15-10-16-32)22(33)29-18-11-8-7-9-12-18/h7-9,11-12,19-21,32H,10,13-17H2,1-6H3,(H,29,33)(H,30,34)/t19-,20+,21?,27+,28?/m1/s1. The molecule has 5 atom stereocenters. The van der Waals surface area contributed by atoms with Gasteiger partial charge >= 0.3 is 0 Å². The van der Waals surface area contributed by atoms with Crippen LogP contribution in [-0.2, 0) is 14.4 Å². The molecule has 36 heavy (non-hydrogen) atoms. The molecule has 4 rings (SSSR count). The van der Waals surface area contributed by atoms with Crippen molar-refractivity contribution in [1.82, 2.24) is 10.2 Å². The fourth-order valence-electron chi connectivity index (χ4n) is 7.12. The van der Waals surface area contributed by atoms with Crippen molar-refractivity contribution in [3.63, 3.8) is 0 Å². The third-order valence-electron chi connectivity index (χ3n) is 7.84. The van der Waals surface area contributed by atoms with E-state index >= 15 is 0 Å². The molecule has 7 nitrogen and oxygen atoms in total. The van der Waals surface area contributed by atoms with Crippen molar-refractivity contribution in [3.8, 4) is 0 Å². The molecule has 0 aliphatic carbocycles. The van der Waals surface area contributed by atoms with Gasteiger partial charge in [0.2, 0.25) is 17.7 Å². The largest absolute Gasteiger partial charge is 0.396 e. The van der Waals surface area contributed by atoms with Crippen LogP contribution in [0.1, 0.15) is 67.2 Å². The highest BCUT2D eigenvalue weighted by Crippen LogP contribution is 2.71. The first-order valence-corrected chi connectivity index (χ1v) is 13.8. The average molecular weight is 516 g/mol. The number of nitrogens with zero attached hydrogens (tertiary/aromatic N) is 1. The number of rotatable bonds is 8. The predicted molar refractivity (Wildman–Crippen MR) is 144 cm³/mol. The first-order chi connectivity index (χ1) is 16.7. The first kappa shape index (κ1) is 27.0. The number of carbonyl (C=O) groups is 3. The van der Waals surface area contributed by atoms with Crippen molar-refractivity contribution < 1.29 is 19.5 Å². The number of amides is 3. The number of aliphatic hydroxyl groups is 1. The number of benzene rings is 1. The van der Waals surface area contributed by atoms with Gasteiger partial charge < -0.3 is 20.6 Å². The van der Waals surface area contributed by atoms with Crippen molar-refractivity contribution in [2.75, 3.05) is 18.5 Å². The highest BCUT2D eigenvalue weighted by Gasteiger charge is 2.77. The summed E-state index contributed by atoms with van der Waals surface area (Å²) < 4.78 is -1.07. The molecular formula is C28H41N3O4S. The third kappa shape index (κ3) is 4.78. The van der Waals surface area contributed by atoms with Crippen LogP contribution in [0.15, 0.2) is 30.3 Å². The number of carbonyl (C=O) groups excluding carboxylic acids is 3. The van der Waals surface area contributed by atoms with Crippen LogP contribution in [0, 0.1) is 17.3 Å². The van der Waals surface area contributed by atoms with E-state index in [-0.39, 0.29) is 29.7 Å². The average Bonchev–Trinajstić information content (AvgIpc) is 3.31. The van der Waals surface area contributed by atoms with E-state index in [0.717, 1.165) is 12.8 Å². The van der Waals surface area contributed by atoms with Gasteiger partial charge in [-0.15, -0.1) is 11.8 Å². The number of anilines is 1. The molecule has 3 heterocycles. The van der Waals surface area contributed by atoms with Crippen LogP contribution >= 0.6 is 11.8 Å². The molecule has 8 heteroatoms. The van der Waals surface area contributed by atoms with Gasteiger partial charge in [-0.05, 0) is 64.0 Å². The monoisotopic (exact) mass is 515 g/mol. The Bertz CT molecular complexity index is 1020. The molecule has 1 aromatic carbocycles. The lowest BCUT2D eigenvalue weighted by Gasteiger charge is -2.38. The maximum Gasteiger partial charge on any atom is 0.244 e. The van der Waals surface area contributed by atoms with Crippen molar-refractivity contribution in [2.24, 2.45) is 17.3 Å². The molecule has 3 fully saturated rings. The van der Waals surface area contributed by atoms with Crippen LogP contribution < -0.4 is 10.6 Å². The second-order valence-electron chi connectivity index (χ2n) is 12.8. The van der Waals surface area contributed by atoms with Gasteiger partial charge in [-0.25, -0.2) is 0 Å². The van der Waals surface area contributed by atoms with E-state index in [9.17, 15) is 19.5 Å². The zero-order valence-electron chi connectivity index (χ0n) is 22.4. The minimum absolute atomic E-state index is 0.0222. The number of hydrogen-bond acceptors (Lipinski definition) is 5. The SMILES string of the molecule is CC(C)(C)CC(C)(C)NC(=O)C1N(CCCO)C(=O)[C@@H]2[C@H](C(=O)Nc3ccccc3)[C@]3(C)CCC12S3. The zero-order valence-corrected chi connectivity index (χ0v) is 23.2. The smallest absolute Gasteiger partial charge is 0.244 e. The Hall–Kier alpha value is -2.06. The lowest BCUT2D eigenvalue weighted by molar-refractivity contribution is -0.140. The highest BCUT2D eigenvalue weighted by atomic mass is 32.2. The summed E-state index contributed by atoms with van der Waals surface area (Å²) in [6.45, 7) is 12.8. The summed E-state index contributed by atoms with van der Waals surface area (Å²) in [4.78, 5) is 43.2. The second kappa shape index (κ2) is 9.35. The van der Waals surface area contributed by atoms with E-state index < -0.39 is 32.9 Å². The van der Waals surface area contributed by atoms with Crippen LogP contribution in [0.4, 0.5) is 5.69 Å². The number of nitrogens with one attached hydrogen (secondary N) is 2. The molecule has 2 bridgehead atoms. The Morgan fingerprint density at radius 1 is 1.11 bits per heavy atom. The minimum Gasteiger partial charge on any atom is -0.396 e. The molecule has 0 saturated carbocycles. The van der Waals surface area contributed by atoms with Gasteiger partial charge in [-0.3, -0.25) is 14.4 Å². The van der Waals surface area contributed by atoms with Crippen LogP contribution in [0.5, 0.6) is 0 Å². The topological polar surface area (TPSA) is 98.7 Å². The van der Waals surface area contributed by atoms with Crippen LogP contribution in [-0.4, -0.2) is 62.0 Å². The summed E-state index contributed by atoms with van der Waals surface area (Å²) in [5, 5.41) is 15.8. The number of likely N-dealkylation sites (tertiary alicyclic amines) is 1. The number of para-hydroxylation sites is 1. The first-order valence-electron chi connectivity index (χ1n) is 13.0. The third-order valence-corrected chi connectivity index (χ3v) is 9.83. The Morgan fingerprint density at radius 2 is 1.78 bits per heavy atom. The zero-order chi connectivity index (χ0) is 26.5. The molecule has 198 valence electrons. The summed E-state index contributed by atoms with van der Waals surface area (Å²) in [5.74, 6) is -1.54. The van der Waals surface area contributed by atoms with Gasteiger partial charge in [0.1, 0.15) is 6.04 Å². The maximum atomic E-state index is 14.0. The summed E-state index contributed by atoms with van der Waals surface area (Å²) in [7, 11) is 0. The summed E-state index contributed by atoms with van der Waals surface area (Å²) in [5.41, 5.74) is 0.271. The molecule has 3 aliphatic heterocycles. The Labute approximate surface area is 219 Å². The normalized spacial score (nSPS) is 31.5. The molecule has 0 aromatic heterocycles. The molecular weight excluding hydrogens is 474 g/mol. The van der Waals surface area contributed by atoms with Crippen molar-refractivity contribution in [1.29, 1.82) is 0 Å². The summed E-state index contributed by atoms with van der Waals surface area (Å²) in [6.07, 6.45) is 2.67. The maximum absolute atomic E-state index is 14.0. The van der Waals surface area contributed by atoms with E-state index in [1.807, 2.05) is 44.2 Å². The van der Waals surface area contributed by atoms with Crippen LogP contribution in [0.25, 0.3) is 0 Å². The van der Waals surface area contributed by atoms with Crippen LogP contribution in [0.3, 0.4) is 0 Å². The molecule has 3 saturated heterocycles. The van der Waals surface area contributed by atoms with Gasteiger partial charge in [-0.2, -0.15) is 0 Å². The van der Waals surface area contributed by atoms with E-state index in [4.69, 9.17) is 0 Å². The van der Waals surface area contributed by atoms with Crippen molar-refractivity contribution in [3.05, 3.63) is 30.3 Å². The predicted octanol–water partition coefficient (Wildman–Crippen LogP) is 3.82. The lowest BCUT2D eigenvalue weighted by Crippen LogP contribution is -2.58. The number of fused-ring (bicyclic) bond motifs is 1. The number of aliphatic hydroxyl groups excluding tert-OH is 1. The van der Waals surface area contributed by atoms with E-state index in [2.05, 4.69) is 38.3 Å². The quantitative estimate of drug-likeness (QED) is 0.489. The second-order valence-corrected chi connectivity index (χ2v) is 14.7. The minimum atomic E-state index is -0.665. The number of hydrogen-bond donors (Lipinski definition) is 3. The molecule has 1 aromatic rings. The van der Waals surface area contributed by atoms with Gasteiger partial charge in [0.05, 0.1) is 16.6 Å². The fourth-order valence-corrected chi connectivity index (χ4v) is 9.48. The summed E-state index contributed by atoms with van der Waals surface area (Å²) in [6, 6.07) is 8.64. The van der Waals surface area contributed by atoms with Crippen molar-refractivity contribution in [2.45, 2.75) is 88.3 Å². The lowest BCUT2D eigenvalue weighted by atomic mass is 9.66. The highest BCUT2D eigenvalue weighted by molar-refractivity contribution is 8.02. The molecule has 3 amide bonds. The molecule has 0 radical (unpaired) electrons. The Morgan fingerprint density at radius 3 is 2.39 bits per heavy atom. The van der Waals surface area contributed by atoms with Gasteiger partial charge in [-0.1, -0.05) is 39.0 Å². The fraction of sp³-hybridized carbons (Fsp3) is 0.679. The van der Waals surface area contributed by atoms with Gasteiger partial charge in [0.25, 0.3) is 0 Å². The van der Waals surface area contributed by atoms with Crippen LogP contribution in [0.2, 0.25) is 0 Å². The number of thioether (sulfide) groups is 1.